The summed E-state index contributed by atoms with van der Waals surface area (Å²) in [5, 5.41) is 11.0. The molecule has 1 aromatic heterocycles. The molecule has 0 aliphatic carbocycles. The second-order valence-corrected chi connectivity index (χ2v) is 3.84. The largest absolute Gasteiger partial charge is 0.494 e. The Labute approximate surface area is 97.4 Å². The third-order valence-corrected chi connectivity index (χ3v) is 2.90. The molecule has 0 saturated carbocycles. The Morgan fingerprint density at radius 3 is 2.76 bits per heavy atom. The Morgan fingerprint density at radius 2 is 2.00 bits per heavy atom. The van der Waals surface area contributed by atoms with Crippen molar-refractivity contribution in [1.82, 2.24) is 4.98 Å². The van der Waals surface area contributed by atoms with Gasteiger partial charge >= 0.3 is 5.69 Å². The van der Waals surface area contributed by atoms with Crippen molar-refractivity contribution in [3.05, 3.63) is 41.4 Å². The first-order chi connectivity index (χ1) is 8.33. The van der Waals surface area contributed by atoms with Gasteiger partial charge in [-0.3, -0.25) is 0 Å². The summed E-state index contributed by atoms with van der Waals surface area (Å²) in [5.74, 6) is 0.673. The molecule has 0 fully saturated rings. The lowest BCUT2D eigenvalue weighted by Crippen LogP contribution is -1.83. The molecule has 17 heavy (non-hydrogen) atoms. The van der Waals surface area contributed by atoms with Crippen LogP contribution >= 0.6 is 0 Å². The van der Waals surface area contributed by atoms with E-state index in [0.29, 0.717) is 11.4 Å². The second-order valence-electron chi connectivity index (χ2n) is 3.84. The molecule has 4 nitrogen and oxygen atoms in total. The number of aromatic nitrogens is 1. The van der Waals surface area contributed by atoms with E-state index in [4.69, 9.17) is 10.1 Å². The summed E-state index contributed by atoms with van der Waals surface area (Å²) in [6, 6.07) is 11.5. The second kappa shape index (κ2) is 3.49. The maximum atomic E-state index is 8.89. The SMILES string of the molecule is COc1cc([N+]#N)cc2c1[nH]c1ccccc12. The van der Waals surface area contributed by atoms with Gasteiger partial charge in [-0.15, -0.1) is 0 Å². The number of hydrogen-bond acceptors (Lipinski definition) is 2. The highest BCUT2D eigenvalue weighted by molar-refractivity contribution is 6.10. The van der Waals surface area contributed by atoms with E-state index in [9.17, 15) is 0 Å². The van der Waals surface area contributed by atoms with Gasteiger partial charge in [0.05, 0.1) is 18.7 Å². The van der Waals surface area contributed by atoms with Crippen LogP contribution < -0.4 is 4.74 Å². The fourth-order valence-electron chi connectivity index (χ4n) is 2.12. The number of para-hydroxylation sites is 1. The summed E-state index contributed by atoms with van der Waals surface area (Å²) >= 11 is 0. The van der Waals surface area contributed by atoms with Crippen LogP contribution in [0.2, 0.25) is 0 Å². The van der Waals surface area contributed by atoms with E-state index in [-0.39, 0.29) is 0 Å². The normalized spacial score (nSPS) is 10.6. The molecule has 1 heterocycles. The number of rotatable bonds is 1. The van der Waals surface area contributed by atoms with Crippen molar-refractivity contribution in [1.29, 1.82) is 5.39 Å². The molecule has 0 unspecified atom stereocenters. The Morgan fingerprint density at radius 1 is 1.18 bits per heavy atom. The highest BCUT2D eigenvalue weighted by Gasteiger charge is 2.15. The number of nitrogens with one attached hydrogen (secondary N) is 1. The van der Waals surface area contributed by atoms with Gasteiger partial charge in [-0.1, -0.05) is 18.2 Å². The number of methoxy groups -OCH3 is 1. The molecule has 0 spiro atoms. The maximum Gasteiger partial charge on any atom is 0.389 e. The Kier molecular flexibility index (Phi) is 1.99. The minimum absolute atomic E-state index is 0.485. The van der Waals surface area contributed by atoms with Gasteiger partial charge in [-0.2, -0.15) is 0 Å². The van der Waals surface area contributed by atoms with Gasteiger partial charge in [-0.25, -0.2) is 0 Å². The molecular weight excluding hydrogens is 214 g/mol. The number of diazo groups is 1. The van der Waals surface area contributed by atoms with Crippen molar-refractivity contribution in [2.75, 3.05) is 7.11 Å². The molecule has 0 amide bonds. The van der Waals surface area contributed by atoms with Crippen LogP contribution in [0, 0.1) is 5.39 Å². The minimum atomic E-state index is 0.485. The summed E-state index contributed by atoms with van der Waals surface area (Å²) in [6.45, 7) is 0. The number of hydrogen-bond donors (Lipinski definition) is 1. The number of ether oxygens (including phenoxy) is 1. The van der Waals surface area contributed by atoms with Gasteiger partial charge in [0.1, 0.15) is 0 Å². The van der Waals surface area contributed by atoms with E-state index in [2.05, 4.69) is 9.96 Å². The lowest BCUT2D eigenvalue weighted by Gasteiger charge is -1.98. The molecule has 82 valence electrons. The van der Waals surface area contributed by atoms with Crippen LogP contribution in [0.25, 0.3) is 26.8 Å². The monoisotopic (exact) mass is 224 g/mol. The van der Waals surface area contributed by atoms with Gasteiger partial charge < -0.3 is 9.72 Å². The van der Waals surface area contributed by atoms with Gasteiger partial charge in [0.2, 0.25) is 5.39 Å². The zero-order valence-corrected chi connectivity index (χ0v) is 9.27. The summed E-state index contributed by atoms with van der Waals surface area (Å²) in [6.07, 6.45) is 0. The smallest absolute Gasteiger partial charge is 0.389 e. The van der Waals surface area contributed by atoms with E-state index in [1.165, 1.54) is 0 Å². The molecule has 0 radical (unpaired) electrons. The van der Waals surface area contributed by atoms with Crippen molar-refractivity contribution in [3.8, 4) is 5.75 Å². The van der Waals surface area contributed by atoms with Gasteiger partial charge in [0.25, 0.3) is 0 Å². The van der Waals surface area contributed by atoms with E-state index in [1.807, 2.05) is 30.3 Å². The molecule has 1 N–H and O–H groups in total. The van der Waals surface area contributed by atoms with Crippen LogP contribution in [-0.4, -0.2) is 12.1 Å². The number of H-pyrrole nitrogens is 1. The molecule has 3 rings (SSSR count). The Hall–Kier alpha value is -2.54. The Balaban J connectivity index is 2.53. The molecule has 3 aromatic rings. The number of fused-ring (bicyclic) bond motifs is 3. The van der Waals surface area contributed by atoms with E-state index < -0.39 is 0 Å². The predicted molar refractivity (Wildman–Crippen MR) is 67.1 cm³/mol. The van der Waals surface area contributed by atoms with Crippen molar-refractivity contribution in [2.24, 2.45) is 0 Å². The molecule has 0 aliphatic rings. The summed E-state index contributed by atoms with van der Waals surface area (Å²) < 4.78 is 5.30. The summed E-state index contributed by atoms with van der Waals surface area (Å²) in [5.41, 5.74) is 2.44. The van der Waals surface area contributed by atoms with E-state index in [0.717, 1.165) is 21.8 Å². The van der Waals surface area contributed by atoms with E-state index >= 15 is 0 Å². The summed E-state index contributed by atoms with van der Waals surface area (Å²) in [7, 11) is 1.60. The van der Waals surface area contributed by atoms with Crippen LogP contribution in [0.15, 0.2) is 36.4 Å². The fraction of sp³-hybridized carbons (Fsp3) is 0.0769. The lowest BCUT2D eigenvalue weighted by atomic mass is 10.1. The van der Waals surface area contributed by atoms with Crippen molar-refractivity contribution >= 4 is 27.5 Å². The van der Waals surface area contributed by atoms with Crippen LogP contribution in [0.3, 0.4) is 0 Å². The molecule has 0 aliphatic heterocycles. The lowest BCUT2D eigenvalue weighted by molar-refractivity contribution is 0.419. The molecule has 0 atom stereocenters. The number of benzene rings is 2. The topological polar surface area (TPSA) is 53.2 Å². The zero-order chi connectivity index (χ0) is 11.8. The quantitative estimate of drug-likeness (QED) is 0.639. The van der Waals surface area contributed by atoms with Crippen LogP contribution in [-0.2, 0) is 0 Å². The Bertz CT molecular complexity index is 752. The maximum absolute atomic E-state index is 8.89. The van der Waals surface area contributed by atoms with Crippen molar-refractivity contribution in [3.63, 3.8) is 0 Å². The predicted octanol–water partition coefficient (Wildman–Crippen LogP) is 3.81. The standard InChI is InChI=1S/C13H10N3O/c1-17-12-7-8(16-14)6-10-9-4-2-3-5-11(9)15-13(10)12/h2-7,15H,1H3/q+1. The van der Waals surface area contributed by atoms with Crippen molar-refractivity contribution < 1.29 is 4.74 Å². The third-order valence-electron chi connectivity index (χ3n) is 2.90. The van der Waals surface area contributed by atoms with E-state index in [1.54, 1.807) is 13.2 Å². The average molecular weight is 224 g/mol. The first kappa shape index (κ1) is 9.67. The fourth-order valence-corrected chi connectivity index (χ4v) is 2.12. The van der Waals surface area contributed by atoms with Gasteiger partial charge in [0.15, 0.2) is 10.7 Å². The molecule has 0 bridgehead atoms. The molecule has 2 aromatic carbocycles. The first-order valence-electron chi connectivity index (χ1n) is 5.27. The molecule has 0 saturated heterocycles. The zero-order valence-electron chi connectivity index (χ0n) is 9.27. The van der Waals surface area contributed by atoms with Crippen LogP contribution in [0.4, 0.5) is 5.69 Å². The highest BCUT2D eigenvalue weighted by Crippen LogP contribution is 2.35. The third kappa shape index (κ3) is 1.33. The van der Waals surface area contributed by atoms with Gasteiger partial charge in [-0.05, 0) is 6.07 Å². The van der Waals surface area contributed by atoms with Gasteiger partial charge in [0, 0.05) is 22.4 Å². The number of nitrogens with zero attached hydrogens (tertiary/aromatic N) is 2. The van der Waals surface area contributed by atoms with Crippen LogP contribution in [0.1, 0.15) is 0 Å². The summed E-state index contributed by atoms with van der Waals surface area (Å²) in [4.78, 5) is 6.52. The first-order valence-corrected chi connectivity index (χ1v) is 5.27. The van der Waals surface area contributed by atoms with Crippen LogP contribution in [0.5, 0.6) is 5.75 Å². The average Bonchev–Trinajstić information content (AvgIpc) is 2.76. The minimum Gasteiger partial charge on any atom is -0.494 e. The molecular formula is C13H10N3O+. The number of aromatic amines is 1. The highest BCUT2D eigenvalue weighted by atomic mass is 16.5. The molecule has 4 heteroatoms. The van der Waals surface area contributed by atoms with Crippen molar-refractivity contribution in [2.45, 2.75) is 0 Å².